The highest BCUT2D eigenvalue weighted by molar-refractivity contribution is 7.13. The van der Waals surface area contributed by atoms with Crippen LogP contribution in [0, 0.1) is 0 Å². The Morgan fingerprint density at radius 1 is 1.03 bits per heavy atom. The normalized spacial score (nSPS) is 14.8. The number of aliphatic hydroxyl groups excluding tert-OH is 1. The minimum Gasteiger partial charge on any atom is -0.493 e. The van der Waals surface area contributed by atoms with Gasteiger partial charge < -0.3 is 19.5 Å². The maximum Gasteiger partial charge on any atom is 0.256 e. The molecular formula is C31H40N2O4S. The van der Waals surface area contributed by atoms with Crippen LogP contribution in [-0.2, 0) is 4.74 Å². The van der Waals surface area contributed by atoms with Crippen molar-refractivity contribution in [3.8, 4) is 16.2 Å². The summed E-state index contributed by atoms with van der Waals surface area (Å²) in [5, 5.41) is 13.6. The quantitative estimate of drug-likeness (QED) is 0.195. The summed E-state index contributed by atoms with van der Waals surface area (Å²) in [7, 11) is 0. The van der Waals surface area contributed by atoms with Crippen molar-refractivity contribution in [2.45, 2.75) is 45.3 Å². The number of benzene rings is 2. The van der Waals surface area contributed by atoms with Crippen molar-refractivity contribution in [2.24, 2.45) is 0 Å². The van der Waals surface area contributed by atoms with Gasteiger partial charge in [0, 0.05) is 42.2 Å². The van der Waals surface area contributed by atoms with Gasteiger partial charge >= 0.3 is 0 Å². The molecule has 38 heavy (non-hydrogen) atoms. The second kappa shape index (κ2) is 15.0. The second-order valence-corrected chi connectivity index (χ2v) is 10.6. The van der Waals surface area contributed by atoms with E-state index in [1.54, 1.807) is 16.2 Å². The lowest BCUT2D eigenvalue weighted by molar-refractivity contribution is 0.000247. The number of thiophene rings is 1. The molecule has 3 aromatic rings. The van der Waals surface area contributed by atoms with E-state index in [9.17, 15) is 9.90 Å². The average Bonchev–Trinajstić information content (AvgIpc) is 3.51. The largest absolute Gasteiger partial charge is 0.493 e. The van der Waals surface area contributed by atoms with Crippen LogP contribution in [0.15, 0.2) is 66.0 Å². The summed E-state index contributed by atoms with van der Waals surface area (Å²) < 4.78 is 11.5. The van der Waals surface area contributed by atoms with E-state index < -0.39 is 6.23 Å². The number of morpholine rings is 1. The first kappa shape index (κ1) is 28.3. The number of rotatable bonds is 14. The van der Waals surface area contributed by atoms with Gasteiger partial charge in [0.15, 0.2) is 6.23 Å². The minimum atomic E-state index is -1.10. The van der Waals surface area contributed by atoms with Crippen molar-refractivity contribution in [3.05, 3.63) is 77.2 Å². The zero-order chi connectivity index (χ0) is 26.6. The third kappa shape index (κ3) is 7.90. The van der Waals surface area contributed by atoms with E-state index in [0.717, 1.165) is 62.6 Å². The fraction of sp³-hybridized carbons (Fsp3) is 0.452. The molecule has 1 amide bonds. The van der Waals surface area contributed by atoms with Crippen LogP contribution >= 0.6 is 11.3 Å². The number of aliphatic hydroxyl groups is 1. The molecule has 1 unspecified atom stereocenters. The Balaban J connectivity index is 1.50. The lowest BCUT2D eigenvalue weighted by Gasteiger charge is -2.31. The monoisotopic (exact) mass is 536 g/mol. The molecule has 0 spiro atoms. The summed E-state index contributed by atoms with van der Waals surface area (Å²) in [5.41, 5.74) is 2.27. The third-order valence-electron chi connectivity index (χ3n) is 6.92. The Labute approximate surface area is 230 Å². The van der Waals surface area contributed by atoms with Crippen molar-refractivity contribution >= 4 is 17.2 Å². The zero-order valence-electron chi connectivity index (χ0n) is 22.4. The predicted octanol–water partition coefficient (Wildman–Crippen LogP) is 6.23. The van der Waals surface area contributed by atoms with Crippen LogP contribution in [-0.4, -0.2) is 66.8 Å². The molecule has 6 nitrogen and oxygen atoms in total. The SMILES string of the molecule is CCCCCCOc1ccccc1C(O)N(CCCN1CCOCC1)C(=O)c1ccc(-c2cccs2)cc1. The summed E-state index contributed by atoms with van der Waals surface area (Å²) in [5.74, 6) is 0.450. The molecule has 1 aliphatic heterocycles. The molecule has 0 bridgehead atoms. The van der Waals surface area contributed by atoms with Gasteiger partial charge in [-0.3, -0.25) is 9.69 Å². The number of amides is 1. The van der Waals surface area contributed by atoms with E-state index in [1.165, 1.54) is 12.8 Å². The second-order valence-electron chi connectivity index (χ2n) is 9.68. The Morgan fingerprint density at radius 2 is 1.82 bits per heavy atom. The van der Waals surface area contributed by atoms with Crippen molar-refractivity contribution in [3.63, 3.8) is 0 Å². The molecule has 2 heterocycles. The molecule has 1 aromatic heterocycles. The van der Waals surface area contributed by atoms with Gasteiger partial charge in [0.1, 0.15) is 5.75 Å². The highest BCUT2D eigenvalue weighted by Crippen LogP contribution is 2.30. The molecule has 0 saturated carbocycles. The van der Waals surface area contributed by atoms with Gasteiger partial charge in [0.05, 0.1) is 19.8 Å². The van der Waals surface area contributed by atoms with Gasteiger partial charge in [-0.2, -0.15) is 0 Å². The number of hydrogen-bond donors (Lipinski definition) is 1. The Morgan fingerprint density at radius 3 is 2.55 bits per heavy atom. The maximum absolute atomic E-state index is 13.8. The van der Waals surface area contributed by atoms with Gasteiger partial charge in [-0.05, 0) is 48.1 Å². The first-order valence-corrected chi connectivity index (χ1v) is 14.7. The average molecular weight is 537 g/mol. The third-order valence-corrected chi connectivity index (χ3v) is 7.84. The molecule has 1 N–H and O–H groups in total. The van der Waals surface area contributed by atoms with Crippen molar-refractivity contribution in [2.75, 3.05) is 46.0 Å². The van der Waals surface area contributed by atoms with E-state index in [0.29, 0.717) is 30.0 Å². The molecule has 2 aromatic carbocycles. The molecule has 1 saturated heterocycles. The van der Waals surface area contributed by atoms with Crippen molar-refractivity contribution in [1.82, 2.24) is 9.80 Å². The summed E-state index contributed by atoms with van der Waals surface area (Å²) in [6.45, 7) is 7.36. The summed E-state index contributed by atoms with van der Waals surface area (Å²) >= 11 is 1.67. The summed E-state index contributed by atoms with van der Waals surface area (Å²) in [6, 6.07) is 19.3. The van der Waals surface area contributed by atoms with Gasteiger partial charge in [-0.15, -0.1) is 11.3 Å². The predicted molar refractivity (Wildman–Crippen MR) is 154 cm³/mol. The van der Waals surface area contributed by atoms with Crippen molar-refractivity contribution < 1.29 is 19.4 Å². The van der Waals surface area contributed by atoms with Gasteiger partial charge in [-0.1, -0.05) is 62.6 Å². The highest BCUT2D eigenvalue weighted by Gasteiger charge is 2.27. The fourth-order valence-electron chi connectivity index (χ4n) is 4.71. The molecule has 204 valence electrons. The van der Waals surface area contributed by atoms with Crippen LogP contribution in [0.4, 0.5) is 0 Å². The summed E-state index contributed by atoms with van der Waals surface area (Å²) in [4.78, 5) is 18.9. The van der Waals surface area contributed by atoms with Gasteiger partial charge in [-0.25, -0.2) is 0 Å². The van der Waals surface area contributed by atoms with Gasteiger partial charge in [0.25, 0.3) is 5.91 Å². The van der Waals surface area contributed by atoms with Crippen LogP contribution in [0.25, 0.3) is 10.4 Å². The molecule has 7 heteroatoms. The topological polar surface area (TPSA) is 62.2 Å². The lowest BCUT2D eigenvalue weighted by atomic mass is 10.1. The fourth-order valence-corrected chi connectivity index (χ4v) is 5.45. The molecule has 1 fully saturated rings. The van der Waals surface area contributed by atoms with Crippen LogP contribution in [0.1, 0.15) is 61.2 Å². The number of hydrogen-bond acceptors (Lipinski definition) is 6. The minimum absolute atomic E-state index is 0.185. The Hall–Kier alpha value is -2.71. The molecule has 0 radical (unpaired) electrons. The standard InChI is InChI=1S/C31H40N2O4S/c1-2-3-4-7-21-37-28-11-6-5-10-27(28)31(35)33(18-9-17-32-19-22-36-23-20-32)30(34)26-15-13-25(14-16-26)29-12-8-24-38-29/h5-6,8,10-16,24,31,35H,2-4,7,9,17-23H2,1H3. The smallest absolute Gasteiger partial charge is 0.256 e. The first-order chi connectivity index (χ1) is 18.7. The Kier molecular flexibility index (Phi) is 11.2. The zero-order valence-corrected chi connectivity index (χ0v) is 23.2. The van der Waals surface area contributed by atoms with Gasteiger partial charge in [0.2, 0.25) is 0 Å². The number of unbranched alkanes of at least 4 members (excludes halogenated alkanes) is 3. The number of nitrogens with zero attached hydrogens (tertiary/aromatic N) is 2. The molecular weight excluding hydrogens is 496 g/mol. The van der Waals surface area contributed by atoms with E-state index in [1.807, 2.05) is 60.0 Å². The molecule has 1 aliphatic rings. The maximum atomic E-state index is 13.8. The van der Waals surface area contributed by atoms with Crippen LogP contribution in [0.3, 0.4) is 0 Å². The molecule has 4 rings (SSSR count). The number of ether oxygens (including phenoxy) is 2. The van der Waals surface area contributed by atoms with Crippen LogP contribution in [0.2, 0.25) is 0 Å². The lowest BCUT2D eigenvalue weighted by Crippen LogP contribution is -2.40. The molecule has 0 aliphatic carbocycles. The summed E-state index contributed by atoms with van der Waals surface area (Å²) in [6.07, 6.45) is 4.10. The van der Waals surface area contributed by atoms with E-state index in [-0.39, 0.29) is 5.91 Å². The number of para-hydroxylation sites is 1. The van der Waals surface area contributed by atoms with E-state index in [4.69, 9.17) is 9.47 Å². The number of carbonyl (C=O) groups is 1. The molecule has 1 atom stereocenters. The van der Waals surface area contributed by atoms with E-state index >= 15 is 0 Å². The van der Waals surface area contributed by atoms with Crippen LogP contribution in [0.5, 0.6) is 5.75 Å². The van der Waals surface area contributed by atoms with Crippen molar-refractivity contribution in [1.29, 1.82) is 0 Å². The van der Waals surface area contributed by atoms with E-state index in [2.05, 4.69) is 17.9 Å². The van der Waals surface area contributed by atoms with Crippen LogP contribution < -0.4 is 4.74 Å². The Bertz CT molecular complexity index is 1100. The number of carbonyl (C=O) groups excluding carboxylic acids is 1. The highest BCUT2D eigenvalue weighted by atomic mass is 32.1. The first-order valence-electron chi connectivity index (χ1n) is 13.8.